The number of hydrogen-bond donors (Lipinski definition) is 0. The quantitative estimate of drug-likeness (QED) is 0.758. The first kappa shape index (κ1) is 15.9. The van der Waals surface area contributed by atoms with Crippen molar-refractivity contribution in [2.24, 2.45) is 0 Å². The number of hydrogen-bond acceptors (Lipinski definition) is 5. The summed E-state index contributed by atoms with van der Waals surface area (Å²) in [5.74, 6) is -0.440. The summed E-state index contributed by atoms with van der Waals surface area (Å²) in [4.78, 5) is 25.3. The molecule has 1 aliphatic heterocycles. The number of ether oxygens (including phenoxy) is 2. The number of nitrogens with zero attached hydrogens (tertiary/aromatic N) is 1. The van der Waals surface area contributed by atoms with Crippen LogP contribution >= 0.6 is 15.9 Å². The summed E-state index contributed by atoms with van der Waals surface area (Å²) in [5, 5.41) is 0. The van der Waals surface area contributed by atoms with Gasteiger partial charge in [0.15, 0.2) is 0 Å². The highest BCUT2D eigenvalue weighted by Crippen LogP contribution is 2.29. The lowest BCUT2D eigenvalue weighted by molar-refractivity contribution is -0.0993. The number of carbonyl (C=O) groups excluding carboxylic acids is 2. The van der Waals surface area contributed by atoms with Gasteiger partial charge in [0.05, 0.1) is 23.8 Å². The number of rotatable bonds is 2. The first-order valence-corrected chi connectivity index (χ1v) is 7.33. The second kappa shape index (κ2) is 5.36. The predicted molar refractivity (Wildman–Crippen MR) is 78.0 cm³/mol. The van der Waals surface area contributed by atoms with Crippen LogP contribution in [0.15, 0.2) is 21.2 Å². The Bertz CT molecular complexity index is 554. The van der Waals surface area contributed by atoms with E-state index in [1.807, 2.05) is 0 Å². The largest absolute Gasteiger partial charge is 0.456 e. The third kappa shape index (κ3) is 3.78. The van der Waals surface area contributed by atoms with Crippen molar-refractivity contribution in [1.82, 2.24) is 4.90 Å². The van der Waals surface area contributed by atoms with Crippen LogP contribution in [-0.2, 0) is 9.47 Å². The van der Waals surface area contributed by atoms with Crippen molar-refractivity contribution in [3.63, 3.8) is 0 Å². The Morgan fingerprint density at radius 1 is 1.38 bits per heavy atom. The van der Waals surface area contributed by atoms with Crippen molar-refractivity contribution in [3.05, 3.63) is 22.6 Å². The maximum atomic E-state index is 12.0. The Labute approximate surface area is 131 Å². The Morgan fingerprint density at radius 3 is 2.48 bits per heavy atom. The molecule has 6 nitrogen and oxygen atoms in total. The zero-order valence-electron chi connectivity index (χ0n) is 12.4. The Balaban J connectivity index is 1.89. The Hall–Kier alpha value is -1.50. The van der Waals surface area contributed by atoms with E-state index in [0.717, 1.165) is 0 Å². The van der Waals surface area contributed by atoms with Gasteiger partial charge >= 0.3 is 12.1 Å². The maximum absolute atomic E-state index is 12.0. The van der Waals surface area contributed by atoms with Gasteiger partial charge in [0.1, 0.15) is 11.2 Å². The average molecular weight is 360 g/mol. The molecule has 7 heteroatoms. The van der Waals surface area contributed by atoms with Crippen molar-refractivity contribution in [2.45, 2.75) is 38.9 Å². The number of esters is 1. The molecular formula is C14H18BrNO5. The second-order valence-electron chi connectivity index (χ2n) is 6.27. The fourth-order valence-electron chi connectivity index (χ4n) is 1.99. The number of carbonyl (C=O) groups is 2. The van der Waals surface area contributed by atoms with E-state index in [9.17, 15) is 9.59 Å². The summed E-state index contributed by atoms with van der Waals surface area (Å²) in [6, 6.07) is 1.62. The molecule has 1 aliphatic rings. The van der Waals surface area contributed by atoms with Gasteiger partial charge in [-0.05, 0) is 49.7 Å². The van der Waals surface area contributed by atoms with Gasteiger partial charge in [-0.2, -0.15) is 0 Å². The summed E-state index contributed by atoms with van der Waals surface area (Å²) >= 11 is 3.20. The van der Waals surface area contributed by atoms with Crippen LogP contribution < -0.4 is 0 Å². The van der Waals surface area contributed by atoms with Gasteiger partial charge in [-0.15, -0.1) is 0 Å². The first-order valence-electron chi connectivity index (χ1n) is 6.54. The normalized spacial score (nSPS) is 17.1. The highest BCUT2D eigenvalue weighted by atomic mass is 79.9. The smallest absolute Gasteiger partial charge is 0.410 e. The van der Waals surface area contributed by atoms with Gasteiger partial charge in [-0.3, -0.25) is 0 Å². The topological polar surface area (TPSA) is 69.0 Å². The third-order valence-electron chi connectivity index (χ3n) is 2.84. The molecular weight excluding hydrogens is 342 g/mol. The SMILES string of the molecule is CC(C)(C)OC(=O)N1CC(C)(OC(=O)c2occc2Br)C1. The third-order valence-corrected chi connectivity index (χ3v) is 3.47. The van der Waals surface area contributed by atoms with Crippen LogP contribution in [0.3, 0.4) is 0 Å². The van der Waals surface area contributed by atoms with E-state index in [4.69, 9.17) is 13.9 Å². The number of halogens is 1. The van der Waals surface area contributed by atoms with E-state index in [-0.39, 0.29) is 5.76 Å². The van der Waals surface area contributed by atoms with Crippen LogP contribution in [0.1, 0.15) is 38.2 Å². The average Bonchev–Trinajstić information content (AvgIpc) is 2.69. The van der Waals surface area contributed by atoms with Gasteiger partial charge in [0.25, 0.3) is 0 Å². The van der Waals surface area contributed by atoms with E-state index >= 15 is 0 Å². The fourth-order valence-corrected chi connectivity index (χ4v) is 2.35. The highest BCUT2D eigenvalue weighted by molar-refractivity contribution is 9.10. The standard InChI is InChI=1S/C14H18BrNO5/c1-13(2,3)21-12(18)16-7-14(4,8-16)20-11(17)10-9(15)5-6-19-10/h5-6H,7-8H2,1-4H3. The van der Waals surface area contributed by atoms with Crippen molar-refractivity contribution in [2.75, 3.05) is 13.1 Å². The van der Waals surface area contributed by atoms with Crippen molar-refractivity contribution >= 4 is 28.0 Å². The Kier molecular flexibility index (Phi) is 4.06. The molecule has 0 bridgehead atoms. The minimum Gasteiger partial charge on any atom is -0.456 e. The minimum atomic E-state index is -0.722. The van der Waals surface area contributed by atoms with E-state index in [2.05, 4.69) is 15.9 Å². The monoisotopic (exact) mass is 359 g/mol. The van der Waals surface area contributed by atoms with Crippen molar-refractivity contribution in [3.8, 4) is 0 Å². The van der Waals surface area contributed by atoms with E-state index in [1.54, 1.807) is 33.8 Å². The molecule has 1 aromatic rings. The van der Waals surface area contributed by atoms with E-state index in [1.165, 1.54) is 11.2 Å². The number of furan rings is 1. The summed E-state index contributed by atoms with van der Waals surface area (Å²) in [6.07, 6.45) is 0.992. The Morgan fingerprint density at radius 2 is 2.00 bits per heavy atom. The molecule has 1 aromatic heterocycles. The van der Waals surface area contributed by atoms with Gasteiger partial charge < -0.3 is 18.8 Å². The lowest BCUT2D eigenvalue weighted by atomic mass is 9.97. The van der Waals surface area contributed by atoms with Crippen LogP contribution in [0, 0.1) is 0 Å². The molecule has 0 radical (unpaired) electrons. The summed E-state index contributed by atoms with van der Waals surface area (Å²) in [5.41, 5.74) is -1.26. The molecule has 1 saturated heterocycles. The molecule has 0 atom stereocenters. The van der Waals surface area contributed by atoms with E-state index in [0.29, 0.717) is 17.6 Å². The molecule has 116 valence electrons. The maximum Gasteiger partial charge on any atom is 0.410 e. The zero-order chi connectivity index (χ0) is 15.8. The van der Waals surface area contributed by atoms with Crippen LogP contribution in [0.5, 0.6) is 0 Å². The molecule has 1 fully saturated rings. The minimum absolute atomic E-state index is 0.118. The van der Waals surface area contributed by atoms with Crippen LogP contribution in [0.2, 0.25) is 0 Å². The number of likely N-dealkylation sites (tertiary alicyclic amines) is 1. The highest BCUT2D eigenvalue weighted by Gasteiger charge is 2.46. The van der Waals surface area contributed by atoms with Gasteiger partial charge in [0.2, 0.25) is 5.76 Å². The summed E-state index contributed by atoms with van der Waals surface area (Å²) < 4.78 is 16.2. The molecule has 2 heterocycles. The molecule has 0 N–H and O–H groups in total. The van der Waals surface area contributed by atoms with Crippen LogP contribution in [0.25, 0.3) is 0 Å². The fraction of sp³-hybridized carbons (Fsp3) is 0.571. The molecule has 1 amide bonds. The molecule has 0 aromatic carbocycles. The molecule has 21 heavy (non-hydrogen) atoms. The van der Waals surface area contributed by atoms with Gasteiger partial charge in [-0.1, -0.05) is 0 Å². The molecule has 0 saturated carbocycles. The molecule has 0 unspecified atom stereocenters. The second-order valence-corrected chi connectivity index (χ2v) is 7.13. The summed E-state index contributed by atoms with van der Waals surface area (Å²) in [7, 11) is 0. The molecule has 0 aliphatic carbocycles. The predicted octanol–water partition coefficient (Wildman–Crippen LogP) is 3.21. The lowest BCUT2D eigenvalue weighted by Crippen LogP contribution is -2.64. The molecule has 2 rings (SSSR count). The van der Waals surface area contributed by atoms with Crippen LogP contribution in [0.4, 0.5) is 4.79 Å². The first-order chi connectivity index (χ1) is 9.60. The summed E-state index contributed by atoms with van der Waals surface area (Å²) in [6.45, 7) is 7.77. The van der Waals surface area contributed by atoms with E-state index < -0.39 is 23.3 Å². The van der Waals surface area contributed by atoms with Crippen LogP contribution in [-0.4, -0.2) is 41.3 Å². The van der Waals surface area contributed by atoms with Gasteiger partial charge in [-0.25, -0.2) is 9.59 Å². The van der Waals surface area contributed by atoms with Gasteiger partial charge in [0, 0.05) is 0 Å². The zero-order valence-corrected chi connectivity index (χ0v) is 14.0. The number of amides is 1. The van der Waals surface area contributed by atoms with Crippen molar-refractivity contribution < 1.29 is 23.5 Å². The van der Waals surface area contributed by atoms with Crippen molar-refractivity contribution in [1.29, 1.82) is 0 Å². The molecule has 0 spiro atoms. The lowest BCUT2D eigenvalue weighted by Gasteiger charge is -2.46.